The maximum atomic E-state index is 12.8. The van der Waals surface area contributed by atoms with Gasteiger partial charge in [-0.25, -0.2) is 4.98 Å². The number of hydrogen-bond acceptors (Lipinski definition) is 6. The third kappa shape index (κ3) is 4.98. The molecule has 0 radical (unpaired) electrons. The Bertz CT molecular complexity index is 971. The standard InChI is InChI=1S/C21H22N6O2S/c28-19(14-30-21-22-15-23-25-21)24-17-8-6-16(7-9-17)20(29)27-12-10-26(11-13-27)18-4-2-1-3-5-18/h1-9,15H,10-14H2,(H,24,28)(H,22,23,25). The highest BCUT2D eigenvalue weighted by atomic mass is 32.2. The first-order chi connectivity index (χ1) is 14.7. The minimum Gasteiger partial charge on any atom is -0.368 e. The topological polar surface area (TPSA) is 94.2 Å². The highest BCUT2D eigenvalue weighted by molar-refractivity contribution is 7.99. The lowest BCUT2D eigenvalue weighted by atomic mass is 10.1. The fourth-order valence-electron chi connectivity index (χ4n) is 3.28. The second kappa shape index (κ2) is 9.45. The number of rotatable bonds is 6. The van der Waals surface area contributed by atoms with Crippen molar-refractivity contribution in [2.24, 2.45) is 0 Å². The van der Waals surface area contributed by atoms with Crippen LogP contribution in [0.3, 0.4) is 0 Å². The van der Waals surface area contributed by atoms with Crippen LogP contribution >= 0.6 is 11.8 Å². The average molecular weight is 423 g/mol. The Balaban J connectivity index is 1.27. The summed E-state index contributed by atoms with van der Waals surface area (Å²) in [6, 6.07) is 17.3. The number of nitrogens with one attached hydrogen (secondary N) is 2. The molecule has 1 saturated heterocycles. The van der Waals surface area contributed by atoms with Crippen molar-refractivity contribution in [3.63, 3.8) is 0 Å². The summed E-state index contributed by atoms with van der Waals surface area (Å²) in [5.41, 5.74) is 2.46. The first-order valence-electron chi connectivity index (χ1n) is 9.66. The van der Waals surface area contributed by atoms with E-state index in [4.69, 9.17) is 0 Å². The Hall–Kier alpha value is -3.33. The molecule has 4 rings (SSSR count). The molecule has 1 aliphatic heterocycles. The zero-order valence-corrected chi connectivity index (χ0v) is 17.1. The van der Waals surface area contributed by atoms with Crippen LogP contribution in [0.2, 0.25) is 0 Å². The molecule has 2 N–H and O–H groups in total. The molecular weight excluding hydrogens is 400 g/mol. The molecular formula is C21H22N6O2S. The summed E-state index contributed by atoms with van der Waals surface area (Å²) in [4.78, 5) is 33.0. The SMILES string of the molecule is O=C(CSc1ncn[nH]1)Nc1ccc(C(=O)N2CCN(c3ccccc3)CC2)cc1. The summed E-state index contributed by atoms with van der Waals surface area (Å²) < 4.78 is 0. The molecule has 8 nitrogen and oxygen atoms in total. The predicted molar refractivity (Wildman–Crippen MR) is 117 cm³/mol. The second-order valence-corrected chi connectivity index (χ2v) is 7.78. The number of carbonyl (C=O) groups excluding carboxylic acids is 2. The molecule has 1 aliphatic rings. The zero-order chi connectivity index (χ0) is 20.8. The van der Waals surface area contributed by atoms with Gasteiger partial charge in [0.25, 0.3) is 5.91 Å². The number of aromatic nitrogens is 3. The van der Waals surface area contributed by atoms with Gasteiger partial charge in [0, 0.05) is 43.1 Å². The van der Waals surface area contributed by atoms with E-state index in [-0.39, 0.29) is 17.6 Å². The van der Waals surface area contributed by atoms with E-state index in [1.807, 2.05) is 23.1 Å². The van der Waals surface area contributed by atoms with E-state index in [2.05, 4.69) is 37.5 Å². The third-order valence-electron chi connectivity index (χ3n) is 4.84. The van der Waals surface area contributed by atoms with E-state index in [0.717, 1.165) is 13.1 Å². The normalized spacial score (nSPS) is 13.9. The number of carbonyl (C=O) groups is 2. The van der Waals surface area contributed by atoms with E-state index in [9.17, 15) is 9.59 Å². The van der Waals surface area contributed by atoms with Gasteiger partial charge in [-0.1, -0.05) is 30.0 Å². The van der Waals surface area contributed by atoms with Gasteiger partial charge in [0.1, 0.15) is 6.33 Å². The first kappa shape index (κ1) is 20.0. The van der Waals surface area contributed by atoms with Gasteiger partial charge in [-0.2, -0.15) is 5.10 Å². The maximum absolute atomic E-state index is 12.8. The molecule has 0 spiro atoms. The van der Waals surface area contributed by atoms with E-state index < -0.39 is 0 Å². The summed E-state index contributed by atoms with van der Waals surface area (Å²) in [5.74, 6) is 0.0932. The lowest BCUT2D eigenvalue weighted by Gasteiger charge is -2.36. The Morgan fingerprint density at radius 2 is 1.73 bits per heavy atom. The van der Waals surface area contributed by atoms with Gasteiger partial charge in [0.15, 0.2) is 5.16 Å². The molecule has 2 amide bonds. The maximum Gasteiger partial charge on any atom is 0.253 e. The van der Waals surface area contributed by atoms with Gasteiger partial charge in [0.2, 0.25) is 5.91 Å². The molecule has 9 heteroatoms. The van der Waals surface area contributed by atoms with Gasteiger partial charge in [-0.05, 0) is 36.4 Å². The van der Waals surface area contributed by atoms with Crippen LogP contribution < -0.4 is 10.2 Å². The molecule has 30 heavy (non-hydrogen) atoms. The van der Waals surface area contributed by atoms with Crippen molar-refractivity contribution < 1.29 is 9.59 Å². The molecule has 154 valence electrons. The van der Waals surface area contributed by atoms with Crippen molar-refractivity contribution in [1.82, 2.24) is 20.1 Å². The minimum atomic E-state index is -0.146. The largest absolute Gasteiger partial charge is 0.368 e. The third-order valence-corrected chi connectivity index (χ3v) is 5.71. The van der Waals surface area contributed by atoms with Crippen LogP contribution in [-0.2, 0) is 4.79 Å². The molecule has 0 unspecified atom stereocenters. The number of anilines is 2. The van der Waals surface area contributed by atoms with Gasteiger partial charge in [-0.15, -0.1) is 0 Å². The van der Waals surface area contributed by atoms with Crippen LogP contribution in [0.5, 0.6) is 0 Å². The number of amides is 2. The first-order valence-corrected chi connectivity index (χ1v) is 10.6. The number of thioether (sulfide) groups is 1. The van der Waals surface area contributed by atoms with Crippen molar-refractivity contribution in [3.8, 4) is 0 Å². The highest BCUT2D eigenvalue weighted by Gasteiger charge is 2.22. The van der Waals surface area contributed by atoms with Crippen molar-refractivity contribution in [3.05, 3.63) is 66.5 Å². The van der Waals surface area contributed by atoms with Crippen molar-refractivity contribution in [2.75, 3.05) is 42.1 Å². The number of hydrogen-bond donors (Lipinski definition) is 2. The van der Waals surface area contributed by atoms with Crippen LogP contribution in [0, 0.1) is 0 Å². The number of benzene rings is 2. The minimum absolute atomic E-state index is 0.0152. The fraction of sp³-hybridized carbons (Fsp3) is 0.238. The summed E-state index contributed by atoms with van der Waals surface area (Å²) in [5, 5.41) is 9.85. The summed E-state index contributed by atoms with van der Waals surface area (Å²) in [6.07, 6.45) is 1.40. The molecule has 1 fully saturated rings. The quantitative estimate of drug-likeness (QED) is 0.593. The Morgan fingerprint density at radius 3 is 2.40 bits per heavy atom. The van der Waals surface area contributed by atoms with Crippen LogP contribution in [0.1, 0.15) is 10.4 Å². The zero-order valence-electron chi connectivity index (χ0n) is 16.3. The van der Waals surface area contributed by atoms with Crippen LogP contribution in [0.15, 0.2) is 66.1 Å². The average Bonchev–Trinajstić information content (AvgIpc) is 3.32. The van der Waals surface area contributed by atoms with Crippen LogP contribution in [0.25, 0.3) is 0 Å². The van der Waals surface area contributed by atoms with E-state index in [1.165, 1.54) is 23.8 Å². The Kier molecular flexibility index (Phi) is 6.29. The lowest BCUT2D eigenvalue weighted by Crippen LogP contribution is -2.48. The number of aromatic amines is 1. The van der Waals surface area contributed by atoms with Crippen molar-refractivity contribution in [2.45, 2.75) is 5.16 Å². The summed E-state index contributed by atoms with van der Waals surface area (Å²) in [6.45, 7) is 3.00. The fourth-order valence-corrected chi connectivity index (χ4v) is 3.86. The molecule has 0 saturated carbocycles. The van der Waals surface area contributed by atoms with Crippen LogP contribution in [0.4, 0.5) is 11.4 Å². The highest BCUT2D eigenvalue weighted by Crippen LogP contribution is 2.18. The molecule has 3 aromatic rings. The second-order valence-electron chi connectivity index (χ2n) is 6.82. The van der Waals surface area contributed by atoms with Gasteiger partial charge in [0.05, 0.1) is 5.75 Å². The Morgan fingerprint density at radius 1 is 1.00 bits per heavy atom. The Labute approximate surface area is 178 Å². The van der Waals surface area contributed by atoms with E-state index in [0.29, 0.717) is 29.5 Å². The monoisotopic (exact) mass is 422 g/mol. The predicted octanol–water partition coefficient (Wildman–Crippen LogP) is 2.50. The van der Waals surface area contributed by atoms with Crippen molar-refractivity contribution in [1.29, 1.82) is 0 Å². The summed E-state index contributed by atoms with van der Waals surface area (Å²) in [7, 11) is 0. The number of nitrogens with zero attached hydrogens (tertiary/aromatic N) is 4. The van der Waals surface area contributed by atoms with Crippen molar-refractivity contribution >= 4 is 35.0 Å². The van der Waals surface area contributed by atoms with Gasteiger partial charge >= 0.3 is 0 Å². The molecule has 0 aliphatic carbocycles. The summed E-state index contributed by atoms with van der Waals surface area (Å²) >= 11 is 1.27. The molecule has 2 aromatic carbocycles. The molecule has 0 atom stereocenters. The lowest BCUT2D eigenvalue weighted by molar-refractivity contribution is -0.113. The van der Waals surface area contributed by atoms with E-state index >= 15 is 0 Å². The number of piperazine rings is 1. The van der Waals surface area contributed by atoms with Gasteiger partial charge < -0.3 is 15.1 Å². The molecule has 1 aromatic heterocycles. The smallest absolute Gasteiger partial charge is 0.253 e. The van der Waals surface area contributed by atoms with E-state index in [1.54, 1.807) is 24.3 Å². The number of H-pyrrole nitrogens is 1. The molecule has 0 bridgehead atoms. The van der Waals surface area contributed by atoms with Crippen LogP contribution in [-0.4, -0.2) is 63.8 Å². The van der Waals surface area contributed by atoms with Gasteiger partial charge in [-0.3, -0.25) is 14.7 Å². The number of para-hydroxylation sites is 1. The molecule has 2 heterocycles.